The molecule has 100 valence electrons. The molecule has 0 bridgehead atoms. The first-order chi connectivity index (χ1) is 7.71. The van der Waals surface area contributed by atoms with E-state index in [-0.39, 0.29) is 18.3 Å². The summed E-state index contributed by atoms with van der Waals surface area (Å²) in [6.07, 6.45) is 5.96. The van der Waals surface area contributed by atoms with Crippen molar-refractivity contribution < 1.29 is 9.53 Å². The number of hydrogen-bond acceptors (Lipinski definition) is 3. The molecule has 1 aliphatic heterocycles. The van der Waals surface area contributed by atoms with Gasteiger partial charge in [-0.15, -0.1) is 12.4 Å². The highest BCUT2D eigenvalue weighted by Crippen LogP contribution is 2.27. The number of nitrogens with two attached hydrogens (primary N) is 1. The number of hydrogen-bond donors (Lipinski definition) is 2. The molecule has 2 rings (SSSR count). The molecule has 2 aliphatic rings. The van der Waals surface area contributed by atoms with E-state index >= 15 is 0 Å². The minimum absolute atomic E-state index is 0. The van der Waals surface area contributed by atoms with Crippen LogP contribution in [0, 0.1) is 5.92 Å². The Balaban J connectivity index is 0.00000144. The largest absolute Gasteiger partial charge is 0.381 e. The molecule has 1 saturated heterocycles. The highest BCUT2D eigenvalue weighted by molar-refractivity contribution is 5.86. The van der Waals surface area contributed by atoms with Gasteiger partial charge in [-0.05, 0) is 31.6 Å². The highest BCUT2D eigenvalue weighted by Gasteiger charge is 2.36. The zero-order valence-corrected chi connectivity index (χ0v) is 11.1. The molecule has 0 spiro atoms. The fourth-order valence-corrected chi connectivity index (χ4v) is 2.60. The van der Waals surface area contributed by atoms with Gasteiger partial charge in [-0.3, -0.25) is 4.79 Å². The van der Waals surface area contributed by atoms with Crippen LogP contribution in [-0.2, 0) is 9.53 Å². The van der Waals surface area contributed by atoms with Crippen LogP contribution in [0.15, 0.2) is 0 Å². The first-order valence-electron chi connectivity index (χ1n) is 6.36. The monoisotopic (exact) mass is 262 g/mol. The van der Waals surface area contributed by atoms with E-state index in [1.807, 2.05) is 0 Å². The fourth-order valence-electron chi connectivity index (χ4n) is 2.60. The average molecular weight is 263 g/mol. The van der Waals surface area contributed by atoms with Crippen molar-refractivity contribution in [1.29, 1.82) is 0 Å². The molecule has 0 atom stereocenters. The summed E-state index contributed by atoms with van der Waals surface area (Å²) in [4.78, 5) is 11.9. The van der Waals surface area contributed by atoms with Gasteiger partial charge in [0.05, 0.1) is 5.54 Å². The minimum atomic E-state index is -0.578. The van der Waals surface area contributed by atoms with E-state index < -0.39 is 5.54 Å². The van der Waals surface area contributed by atoms with Crippen LogP contribution in [0.3, 0.4) is 0 Å². The normalized spacial score (nSPS) is 24.1. The molecule has 1 aliphatic carbocycles. The minimum Gasteiger partial charge on any atom is -0.381 e. The number of carbonyl (C=O) groups excluding carboxylic acids is 1. The molecular weight excluding hydrogens is 240 g/mol. The summed E-state index contributed by atoms with van der Waals surface area (Å²) in [5.74, 6) is 0.624. The second-order valence-electron chi connectivity index (χ2n) is 5.13. The Morgan fingerprint density at radius 1 is 1.29 bits per heavy atom. The van der Waals surface area contributed by atoms with Gasteiger partial charge in [0.25, 0.3) is 0 Å². The SMILES string of the molecule is Cl.NC1(C(=O)NCC2CCOCC2)CCCC1. The summed E-state index contributed by atoms with van der Waals surface area (Å²) in [5.41, 5.74) is 5.50. The highest BCUT2D eigenvalue weighted by atomic mass is 35.5. The Morgan fingerprint density at radius 3 is 2.47 bits per heavy atom. The Hall–Kier alpha value is -0.320. The second-order valence-corrected chi connectivity index (χ2v) is 5.13. The van der Waals surface area contributed by atoms with E-state index in [9.17, 15) is 4.79 Å². The maximum Gasteiger partial charge on any atom is 0.240 e. The van der Waals surface area contributed by atoms with Crippen LogP contribution in [0.5, 0.6) is 0 Å². The van der Waals surface area contributed by atoms with Gasteiger partial charge in [0.2, 0.25) is 5.91 Å². The zero-order chi connectivity index (χ0) is 11.4. The van der Waals surface area contributed by atoms with Gasteiger partial charge < -0.3 is 15.8 Å². The van der Waals surface area contributed by atoms with Crippen molar-refractivity contribution in [3.8, 4) is 0 Å². The molecule has 0 aromatic rings. The van der Waals surface area contributed by atoms with E-state index in [0.29, 0.717) is 5.92 Å². The molecule has 5 heteroatoms. The van der Waals surface area contributed by atoms with Crippen molar-refractivity contribution in [2.75, 3.05) is 19.8 Å². The molecule has 2 fully saturated rings. The number of halogens is 1. The first-order valence-corrected chi connectivity index (χ1v) is 6.36. The Morgan fingerprint density at radius 2 is 1.88 bits per heavy atom. The summed E-state index contributed by atoms with van der Waals surface area (Å²) >= 11 is 0. The quantitative estimate of drug-likeness (QED) is 0.804. The van der Waals surface area contributed by atoms with E-state index in [4.69, 9.17) is 10.5 Å². The Kier molecular flexibility index (Phi) is 5.70. The lowest BCUT2D eigenvalue weighted by Gasteiger charge is -2.26. The van der Waals surface area contributed by atoms with Gasteiger partial charge >= 0.3 is 0 Å². The van der Waals surface area contributed by atoms with E-state index in [1.54, 1.807) is 0 Å². The number of carbonyl (C=O) groups is 1. The van der Waals surface area contributed by atoms with Gasteiger partial charge in [-0.25, -0.2) is 0 Å². The molecule has 0 aromatic heterocycles. The van der Waals surface area contributed by atoms with Crippen LogP contribution in [-0.4, -0.2) is 31.2 Å². The lowest BCUT2D eigenvalue weighted by Crippen LogP contribution is -2.52. The molecule has 0 unspecified atom stereocenters. The smallest absolute Gasteiger partial charge is 0.240 e. The molecule has 3 N–H and O–H groups in total. The summed E-state index contributed by atoms with van der Waals surface area (Å²) in [7, 11) is 0. The van der Waals surface area contributed by atoms with Crippen LogP contribution in [0.4, 0.5) is 0 Å². The lowest BCUT2D eigenvalue weighted by molar-refractivity contribution is -0.126. The fraction of sp³-hybridized carbons (Fsp3) is 0.917. The first kappa shape index (κ1) is 14.7. The van der Waals surface area contributed by atoms with Gasteiger partial charge in [0.15, 0.2) is 0 Å². The van der Waals surface area contributed by atoms with Crippen molar-refractivity contribution in [2.45, 2.75) is 44.1 Å². The van der Waals surface area contributed by atoms with Crippen molar-refractivity contribution in [2.24, 2.45) is 11.7 Å². The third-order valence-electron chi connectivity index (χ3n) is 3.84. The Labute approximate surface area is 109 Å². The lowest BCUT2D eigenvalue weighted by atomic mass is 9.96. The molecular formula is C12H23ClN2O2. The number of rotatable bonds is 3. The second kappa shape index (κ2) is 6.57. The summed E-state index contributed by atoms with van der Waals surface area (Å²) in [5, 5.41) is 3.02. The maximum atomic E-state index is 11.9. The van der Waals surface area contributed by atoms with Crippen LogP contribution in [0.1, 0.15) is 38.5 Å². The standard InChI is InChI=1S/C12H22N2O2.ClH/c13-12(5-1-2-6-12)11(15)14-9-10-3-7-16-8-4-10;/h10H,1-9,13H2,(H,14,15);1H. The van der Waals surface area contributed by atoms with E-state index in [0.717, 1.165) is 58.3 Å². The van der Waals surface area contributed by atoms with Crippen molar-refractivity contribution >= 4 is 18.3 Å². The third kappa shape index (κ3) is 3.83. The maximum absolute atomic E-state index is 11.9. The van der Waals surface area contributed by atoms with Gasteiger partial charge in [0.1, 0.15) is 0 Å². The molecule has 1 heterocycles. The van der Waals surface area contributed by atoms with Gasteiger partial charge in [-0.2, -0.15) is 0 Å². The van der Waals surface area contributed by atoms with E-state index in [2.05, 4.69) is 5.32 Å². The average Bonchev–Trinajstić information content (AvgIpc) is 2.76. The molecule has 17 heavy (non-hydrogen) atoms. The van der Waals surface area contributed by atoms with Crippen LogP contribution in [0.2, 0.25) is 0 Å². The van der Waals surface area contributed by atoms with E-state index in [1.165, 1.54) is 0 Å². The van der Waals surface area contributed by atoms with Crippen LogP contribution in [0.25, 0.3) is 0 Å². The topological polar surface area (TPSA) is 64.4 Å². The predicted octanol–water partition coefficient (Wildman–Crippen LogP) is 1.22. The molecule has 1 saturated carbocycles. The molecule has 0 radical (unpaired) electrons. The summed E-state index contributed by atoms with van der Waals surface area (Å²) < 4.78 is 5.29. The van der Waals surface area contributed by atoms with Crippen molar-refractivity contribution in [3.63, 3.8) is 0 Å². The molecule has 1 amide bonds. The number of ether oxygens (including phenoxy) is 1. The van der Waals surface area contributed by atoms with Crippen molar-refractivity contribution in [3.05, 3.63) is 0 Å². The molecule has 0 aromatic carbocycles. The van der Waals surface area contributed by atoms with Crippen LogP contribution < -0.4 is 11.1 Å². The zero-order valence-electron chi connectivity index (χ0n) is 10.2. The summed E-state index contributed by atoms with van der Waals surface area (Å²) in [6, 6.07) is 0. The third-order valence-corrected chi connectivity index (χ3v) is 3.84. The predicted molar refractivity (Wildman–Crippen MR) is 69.2 cm³/mol. The Bertz CT molecular complexity index is 249. The van der Waals surface area contributed by atoms with Crippen LogP contribution >= 0.6 is 12.4 Å². The molecule has 4 nitrogen and oxygen atoms in total. The number of nitrogens with one attached hydrogen (secondary N) is 1. The number of amides is 1. The van der Waals surface area contributed by atoms with Gasteiger partial charge in [0, 0.05) is 19.8 Å². The summed E-state index contributed by atoms with van der Waals surface area (Å²) in [6.45, 7) is 2.42. The van der Waals surface area contributed by atoms with Gasteiger partial charge in [-0.1, -0.05) is 12.8 Å². The van der Waals surface area contributed by atoms with Crippen molar-refractivity contribution in [1.82, 2.24) is 5.32 Å².